The number of likely N-dealkylation sites (tertiary alicyclic amines) is 1. The first-order valence-electron chi connectivity index (χ1n) is 7.69. The minimum absolute atomic E-state index is 0.0393. The molecule has 6 nitrogen and oxygen atoms in total. The number of aryl methyl sites for hydroxylation is 2. The summed E-state index contributed by atoms with van der Waals surface area (Å²) >= 11 is 6.39. The van der Waals surface area contributed by atoms with Crippen LogP contribution in [0.1, 0.15) is 30.1 Å². The van der Waals surface area contributed by atoms with Gasteiger partial charge in [0.25, 0.3) is 0 Å². The van der Waals surface area contributed by atoms with Crippen molar-refractivity contribution in [3.63, 3.8) is 0 Å². The number of halogens is 1. The topological polar surface area (TPSA) is 63.1 Å². The lowest BCUT2D eigenvalue weighted by Gasteiger charge is -2.24. The summed E-state index contributed by atoms with van der Waals surface area (Å²) < 4.78 is 1.69. The molecule has 122 valence electrons. The molecule has 1 N–H and O–H groups in total. The number of nitrogens with one attached hydrogen (secondary N) is 1. The van der Waals surface area contributed by atoms with E-state index in [0.29, 0.717) is 17.4 Å². The van der Waals surface area contributed by atoms with E-state index in [-0.39, 0.29) is 11.9 Å². The number of anilines is 1. The number of rotatable bonds is 4. The first kappa shape index (κ1) is 16.0. The summed E-state index contributed by atoms with van der Waals surface area (Å²) in [5.41, 5.74) is 2.69. The van der Waals surface area contributed by atoms with Crippen LogP contribution in [0.15, 0.2) is 24.5 Å². The molecule has 0 saturated carbocycles. The van der Waals surface area contributed by atoms with Gasteiger partial charge in [-0.15, -0.1) is 0 Å². The van der Waals surface area contributed by atoms with E-state index >= 15 is 0 Å². The minimum atomic E-state index is -0.0393. The number of carbonyl (C=O) groups is 1. The fourth-order valence-corrected chi connectivity index (χ4v) is 3.49. The lowest BCUT2D eigenvalue weighted by molar-refractivity contribution is -0.117. The SMILES string of the molecule is Cc1nn(C)c(Cl)c1C1CCCN1CC(=O)Nc1cccnc1. The average molecular weight is 334 g/mol. The molecule has 0 aromatic carbocycles. The van der Waals surface area contributed by atoms with Gasteiger partial charge in [0.05, 0.1) is 24.1 Å². The molecule has 0 radical (unpaired) electrons. The van der Waals surface area contributed by atoms with E-state index in [4.69, 9.17) is 11.6 Å². The van der Waals surface area contributed by atoms with Gasteiger partial charge in [-0.3, -0.25) is 19.4 Å². The first-order valence-corrected chi connectivity index (χ1v) is 8.07. The van der Waals surface area contributed by atoms with E-state index in [1.807, 2.05) is 20.0 Å². The van der Waals surface area contributed by atoms with E-state index in [1.54, 1.807) is 23.1 Å². The van der Waals surface area contributed by atoms with Gasteiger partial charge >= 0.3 is 0 Å². The fraction of sp³-hybridized carbons (Fsp3) is 0.438. The lowest BCUT2D eigenvalue weighted by atomic mass is 10.1. The summed E-state index contributed by atoms with van der Waals surface area (Å²) in [4.78, 5) is 18.5. The zero-order valence-corrected chi connectivity index (χ0v) is 14.0. The van der Waals surface area contributed by atoms with Gasteiger partial charge < -0.3 is 5.32 Å². The largest absolute Gasteiger partial charge is 0.324 e. The molecule has 2 aromatic rings. The Kier molecular flexibility index (Phi) is 4.63. The van der Waals surface area contributed by atoms with Crippen LogP contribution in [0.2, 0.25) is 5.15 Å². The van der Waals surface area contributed by atoms with Crippen molar-refractivity contribution in [3.8, 4) is 0 Å². The maximum Gasteiger partial charge on any atom is 0.238 e. The van der Waals surface area contributed by atoms with Crippen LogP contribution in [-0.2, 0) is 11.8 Å². The number of carbonyl (C=O) groups excluding carboxylic acids is 1. The molecule has 0 spiro atoms. The third-order valence-corrected chi connectivity index (χ3v) is 4.63. The van der Waals surface area contributed by atoms with Crippen LogP contribution in [0.4, 0.5) is 5.69 Å². The Hall–Kier alpha value is -1.92. The molecule has 3 rings (SSSR count). The van der Waals surface area contributed by atoms with Crippen molar-refractivity contribution < 1.29 is 4.79 Å². The smallest absolute Gasteiger partial charge is 0.238 e. The Morgan fingerprint density at radius 2 is 2.35 bits per heavy atom. The van der Waals surface area contributed by atoms with Gasteiger partial charge in [0.1, 0.15) is 5.15 Å². The molecule has 1 fully saturated rings. The summed E-state index contributed by atoms with van der Waals surface area (Å²) in [7, 11) is 1.84. The molecule has 2 aromatic heterocycles. The maximum absolute atomic E-state index is 12.3. The molecular formula is C16H20ClN5O. The minimum Gasteiger partial charge on any atom is -0.324 e. The highest BCUT2D eigenvalue weighted by Gasteiger charge is 2.32. The summed E-state index contributed by atoms with van der Waals surface area (Å²) in [6.07, 6.45) is 5.36. The van der Waals surface area contributed by atoms with Crippen LogP contribution >= 0.6 is 11.6 Å². The fourth-order valence-electron chi connectivity index (χ4n) is 3.19. The predicted octanol–water partition coefficient (Wildman–Crippen LogP) is 2.55. The van der Waals surface area contributed by atoms with Crippen molar-refractivity contribution in [2.75, 3.05) is 18.4 Å². The highest BCUT2D eigenvalue weighted by Crippen LogP contribution is 2.37. The first-order chi connectivity index (χ1) is 11.1. The summed E-state index contributed by atoms with van der Waals surface area (Å²) in [5, 5.41) is 7.92. The second-order valence-corrected chi connectivity index (χ2v) is 6.19. The Morgan fingerprint density at radius 3 is 3.00 bits per heavy atom. The highest BCUT2D eigenvalue weighted by molar-refractivity contribution is 6.30. The van der Waals surface area contributed by atoms with Crippen molar-refractivity contribution in [1.29, 1.82) is 0 Å². The van der Waals surface area contributed by atoms with E-state index in [9.17, 15) is 4.79 Å². The van der Waals surface area contributed by atoms with Crippen LogP contribution in [0.25, 0.3) is 0 Å². The molecule has 1 atom stereocenters. The van der Waals surface area contributed by atoms with Gasteiger partial charge in [-0.2, -0.15) is 5.10 Å². The molecule has 0 bridgehead atoms. The Balaban J connectivity index is 1.71. The van der Waals surface area contributed by atoms with Crippen LogP contribution in [0.3, 0.4) is 0 Å². The summed E-state index contributed by atoms with van der Waals surface area (Å²) in [5.74, 6) is -0.0393. The normalized spacial score (nSPS) is 18.3. The Morgan fingerprint density at radius 1 is 1.52 bits per heavy atom. The molecule has 1 saturated heterocycles. The number of pyridine rings is 1. The van der Waals surface area contributed by atoms with Crippen LogP contribution in [-0.4, -0.2) is 38.7 Å². The Labute approximate surface area is 140 Å². The zero-order chi connectivity index (χ0) is 16.4. The van der Waals surface area contributed by atoms with E-state index in [2.05, 4.69) is 20.3 Å². The number of hydrogen-bond donors (Lipinski definition) is 1. The molecular weight excluding hydrogens is 314 g/mol. The quantitative estimate of drug-likeness (QED) is 0.934. The molecule has 7 heteroatoms. The second-order valence-electron chi connectivity index (χ2n) is 5.83. The third-order valence-electron chi connectivity index (χ3n) is 4.19. The van der Waals surface area contributed by atoms with Crippen molar-refractivity contribution >= 4 is 23.2 Å². The van der Waals surface area contributed by atoms with Crippen LogP contribution in [0, 0.1) is 6.92 Å². The molecule has 0 aliphatic carbocycles. The van der Waals surface area contributed by atoms with E-state index in [0.717, 1.165) is 30.6 Å². The lowest BCUT2D eigenvalue weighted by Crippen LogP contribution is -2.33. The number of hydrogen-bond acceptors (Lipinski definition) is 4. The predicted molar refractivity (Wildman–Crippen MR) is 89.4 cm³/mol. The van der Waals surface area contributed by atoms with E-state index < -0.39 is 0 Å². The number of nitrogens with zero attached hydrogens (tertiary/aromatic N) is 4. The zero-order valence-electron chi connectivity index (χ0n) is 13.3. The van der Waals surface area contributed by atoms with Crippen molar-refractivity contribution in [2.24, 2.45) is 7.05 Å². The van der Waals surface area contributed by atoms with Crippen molar-refractivity contribution in [1.82, 2.24) is 19.7 Å². The van der Waals surface area contributed by atoms with Gasteiger partial charge in [0.2, 0.25) is 5.91 Å². The van der Waals surface area contributed by atoms with Gasteiger partial charge in [-0.25, -0.2) is 0 Å². The van der Waals surface area contributed by atoms with Crippen molar-refractivity contribution in [3.05, 3.63) is 40.9 Å². The number of amides is 1. The highest BCUT2D eigenvalue weighted by atomic mass is 35.5. The molecule has 23 heavy (non-hydrogen) atoms. The molecule has 3 heterocycles. The van der Waals surface area contributed by atoms with Crippen LogP contribution < -0.4 is 5.32 Å². The molecule has 1 amide bonds. The maximum atomic E-state index is 12.3. The third kappa shape index (κ3) is 3.38. The summed E-state index contributed by atoms with van der Waals surface area (Å²) in [6, 6.07) is 3.78. The van der Waals surface area contributed by atoms with Crippen LogP contribution in [0.5, 0.6) is 0 Å². The molecule has 1 unspecified atom stereocenters. The van der Waals surface area contributed by atoms with Crippen molar-refractivity contribution in [2.45, 2.75) is 25.8 Å². The number of aromatic nitrogens is 3. The average Bonchev–Trinajstić information content (AvgIpc) is 3.05. The Bertz CT molecular complexity index is 700. The van der Waals surface area contributed by atoms with Gasteiger partial charge in [0.15, 0.2) is 0 Å². The molecule has 1 aliphatic heterocycles. The standard InChI is InChI=1S/C16H20ClN5O/c1-11-15(16(17)21(2)20-11)13-6-4-8-22(13)10-14(23)19-12-5-3-7-18-9-12/h3,5,7,9,13H,4,6,8,10H2,1-2H3,(H,19,23). The molecule has 1 aliphatic rings. The van der Waals surface area contributed by atoms with E-state index in [1.165, 1.54) is 0 Å². The van der Waals surface area contributed by atoms with Gasteiger partial charge in [-0.1, -0.05) is 11.6 Å². The summed E-state index contributed by atoms with van der Waals surface area (Å²) in [6.45, 7) is 3.19. The van der Waals surface area contributed by atoms with Gasteiger partial charge in [-0.05, 0) is 38.4 Å². The second kappa shape index (κ2) is 6.68. The monoisotopic (exact) mass is 333 g/mol. The van der Waals surface area contributed by atoms with Gasteiger partial charge in [0, 0.05) is 24.8 Å².